The van der Waals surface area contributed by atoms with Gasteiger partial charge in [0.2, 0.25) is 0 Å². The molecule has 0 heterocycles. The van der Waals surface area contributed by atoms with E-state index in [1.807, 2.05) is 32.9 Å². The Labute approximate surface area is 147 Å². The quantitative estimate of drug-likeness (QED) is 0.565. The molecule has 5 nitrogen and oxygen atoms in total. The van der Waals surface area contributed by atoms with Gasteiger partial charge < -0.3 is 14.2 Å². The number of rotatable bonds is 7. The topological polar surface area (TPSA) is 61.8 Å². The Kier molecular flexibility index (Phi) is 6.57. The van der Waals surface area contributed by atoms with Gasteiger partial charge in [-0.05, 0) is 61.7 Å². The Hall–Kier alpha value is -2.82. The van der Waals surface area contributed by atoms with Crippen molar-refractivity contribution in [1.82, 2.24) is 0 Å². The number of aryl methyl sites for hydroxylation is 2. The van der Waals surface area contributed by atoms with Gasteiger partial charge in [0.05, 0.1) is 12.2 Å². The summed E-state index contributed by atoms with van der Waals surface area (Å²) in [5, 5.41) is 0. The van der Waals surface area contributed by atoms with Gasteiger partial charge in [0.1, 0.15) is 11.5 Å². The van der Waals surface area contributed by atoms with Crippen LogP contribution in [-0.4, -0.2) is 25.2 Å². The molecule has 0 aliphatic carbocycles. The van der Waals surface area contributed by atoms with Crippen LogP contribution >= 0.6 is 0 Å². The van der Waals surface area contributed by atoms with Crippen molar-refractivity contribution in [3.8, 4) is 11.5 Å². The van der Waals surface area contributed by atoms with Crippen LogP contribution in [0.5, 0.6) is 11.5 Å². The van der Waals surface area contributed by atoms with E-state index < -0.39 is 11.9 Å². The van der Waals surface area contributed by atoms with Crippen molar-refractivity contribution >= 4 is 11.9 Å². The van der Waals surface area contributed by atoms with Crippen molar-refractivity contribution in [3.63, 3.8) is 0 Å². The van der Waals surface area contributed by atoms with Crippen LogP contribution in [0.25, 0.3) is 0 Å². The fourth-order valence-electron chi connectivity index (χ4n) is 2.07. The number of benzene rings is 2. The minimum atomic E-state index is -0.544. The molecule has 5 heteroatoms. The van der Waals surface area contributed by atoms with Crippen LogP contribution in [0, 0.1) is 13.8 Å². The molecular weight excluding hydrogens is 320 g/mol. The fourth-order valence-corrected chi connectivity index (χ4v) is 2.07. The Morgan fingerprint density at radius 3 is 2.48 bits per heavy atom. The summed E-state index contributed by atoms with van der Waals surface area (Å²) in [5.41, 5.74) is 2.58. The monoisotopic (exact) mass is 342 g/mol. The second kappa shape index (κ2) is 8.87. The second-order valence-corrected chi connectivity index (χ2v) is 5.67. The van der Waals surface area contributed by atoms with E-state index in [1.165, 1.54) is 6.07 Å². The van der Waals surface area contributed by atoms with Crippen molar-refractivity contribution in [2.24, 2.45) is 0 Å². The summed E-state index contributed by atoms with van der Waals surface area (Å²) in [4.78, 5) is 23.8. The van der Waals surface area contributed by atoms with E-state index in [4.69, 9.17) is 14.2 Å². The van der Waals surface area contributed by atoms with Crippen LogP contribution in [0.2, 0.25) is 0 Å². The number of carbonyl (C=O) groups excluding carboxylic acids is 2. The zero-order valence-electron chi connectivity index (χ0n) is 14.7. The number of carbonyl (C=O) groups is 2. The highest BCUT2D eigenvalue weighted by Gasteiger charge is 2.11. The smallest absolute Gasteiger partial charge is 0.349 e. The summed E-state index contributed by atoms with van der Waals surface area (Å²) < 4.78 is 15.7. The van der Waals surface area contributed by atoms with Crippen molar-refractivity contribution in [3.05, 3.63) is 59.2 Å². The summed E-state index contributed by atoms with van der Waals surface area (Å²) >= 11 is 0. The summed E-state index contributed by atoms with van der Waals surface area (Å²) in [6, 6.07) is 11.9. The molecule has 0 bridgehead atoms. The molecule has 2 aromatic carbocycles. The van der Waals surface area contributed by atoms with E-state index >= 15 is 0 Å². The van der Waals surface area contributed by atoms with Gasteiger partial charge in [-0.2, -0.15) is 0 Å². The molecular formula is C20H22O5. The van der Waals surface area contributed by atoms with Crippen LogP contribution in [0.1, 0.15) is 34.8 Å². The maximum absolute atomic E-state index is 11.9. The molecule has 0 saturated carbocycles. The van der Waals surface area contributed by atoms with Gasteiger partial charge in [0, 0.05) is 0 Å². The Bertz CT molecular complexity index is 752. The first-order valence-electron chi connectivity index (χ1n) is 8.17. The van der Waals surface area contributed by atoms with Crippen LogP contribution in [-0.2, 0) is 9.53 Å². The third-order valence-corrected chi connectivity index (χ3v) is 3.57. The summed E-state index contributed by atoms with van der Waals surface area (Å²) in [5.74, 6) is -0.0972. The predicted octanol–water partition coefficient (Wildman–Crippen LogP) is 3.85. The van der Waals surface area contributed by atoms with E-state index in [2.05, 4.69) is 0 Å². The minimum absolute atomic E-state index is 0.215. The van der Waals surface area contributed by atoms with Gasteiger partial charge >= 0.3 is 11.9 Å². The predicted molar refractivity (Wildman–Crippen MR) is 94.1 cm³/mol. The first-order chi connectivity index (χ1) is 12.0. The Morgan fingerprint density at radius 1 is 0.960 bits per heavy atom. The molecule has 0 saturated heterocycles. The highest BCUT2D eigenvalue weighted by molar-refractivity contribution is 5.90. The van der Waals surface area contributed by atoms with Crippen molar-refractivity contribution in [2.75, 3.05) is 13.2 Å². The van der Waals surface area contributed by atoms with E-state index in [1.54, 1.807) is 24.3 Å². The number of esters is 2. The lowest BCUT2D eigenvalue weighted by atomic mass is 10.1. The van der Waals surface area contributed by atoms with Crippen LogP contribution in [0.3, 0.4) is 0 Å². The molecule has 0 N–H and O–H groups in total. The first-order valence-corrected chi connectivity index (χ1v) is 8.17. The van der Waals surface area contributed by atoms with Gasteiger partial charge in [-0.1, -0.05) is 19.1 Å². The lowest BCUT2D eigenvalue weighted by Gasteiger charge is -2.09. The molecule has 0 unspecified atom stereocenters. The zero-order valence-corrected chi connectivity index (χ0v) is 14.7. The number of hydrogen-bond donors (Lipinski definition) is 0. The molecule has 2 rings (SSSR count). The van der Waals surface area contributed by atoms with E-state index in [0.29, 0.717) is 17.9 Å². The standard InChI is InChI=1S/C20H22O5/c1-4-10-23-20(22)16-6-5-7-18(12-16)25-19(21)13-24-17-9-8-14(2)15(3)11-17/h5-9,11-12H,4,10,13H2,1-3H3. The molecule has 0 aliphatic rings. The minimum Gasteiger partial charge on any atom is -0.482 e. The SMILES string of the molecule is CCCOC(=O)c1cccc(OC(=O)COc2ccc(C)c(C)c2)c1. The van der Waals surface area contributed by atoms with Crippen LogP contribution in [0.15, 0.2) is 42.5 Å². The molecule has 132 valence electrons. The molecule has 25 heavy (non-hydrogen) atoms. The number of hydrogen-bond acceptors (Lipinski definition) is 5. The molecule has 0 aliphatic heterocycles. The van der Waals surface area contributed by atoms with Gasteiger partial charge in [-0.15, -0.1) is 0 Å². The van der Waals surface area contributed by atoms with Crippen molar-refractivity contribution < 1.29 is 23.8 Å². The molecule has 0 radical (unpaired) electrons. The van der Waals surface area contributed by atoms with E-state index in [0.717, 1.165) is 17.5 Å². The molecule has 0 fully saturated rings. The average molecular weight is 342 g/mol. The summed E-state index contributed by atoms with van der Waals surface area (Å²) in [7, 11) is 0. The maximum Gasteiger partial charge on any atom is 0.349 e. The van der Waals surface area contributed by atoms with Gasteiger partial charge in [0.15, 0.2) is 6.61 Å². The van der Waals surface area contributed by atoms with E-state index in [9.17, 15) is 9.59 Å². The van der Waals surface area contributed by atoms with Crippen LogP contribution in [0.4, 0.5) is 0 Å². The second-order valence-electron chi connectivity index (χ2n) is 5.67. The lowest BCUT2D eigenvalue weighted by molar-refractivity contribution is -0.136. The molecule has 2 aromatic rings. The number of ether oxygens (including phenoxy) is 3. The highest BCUT2D eigenvalue weighted by atomic mass is 16.6. The maximum atomic E-state index is 11.9. The third kappa shape index (κ3) is 5.64. The largest absolute Gasteiger partial charge is 0.482 e. The van der Waals surface area contributed by atoms with Gasteiger partial charge in [-0.3, -0.25) is 0 Å². The van der Waals surface area contributed by atoms with Crippen molar-refractivity contribution in [1.29, 1.82) is 0 Å². The molecule has 0 atom stereocenters. The van der Waals surface area contributed by atoms with Gasteiger partial charge in [-0.25, -0.2) is 9.59 Å². The zero-order chi connectivity index (χ0) is 18.2. The molecule has 0 spiro atoms. The molecule has 0 amide bonds. The Morgan fingerprint density at radius 2 is 1.76 bits per heavy atom. The van der Waals surface area contributed by atoms with E-state index in [-0.39, 0.29) is 12.4 Å². The lowest BCUT2D eigenvalue weighted by Crippen LogP contribution is -2.18. The first kappa shape index (κ1) is 18.5. The van der Waals surface area contributed by atoms with Crippen LogP contribution < -0.4 is 9.47 Å². The average Bonchev–Trinajstić information content (AvgIpc) is 2.61. The van der Waals surface area contributed by atoms with Gasteiger partial charge in [0.25, 0.3) is 0 Å². The summed E-state index contributed by atoms with van der Waals surface area (Å²) in [6.07, 6.45) is 0.746. The molecule has 0 aromatic heterocycles. The van der Waals surface area contributed by atoms with Crippen molar-refractivity contribution in [2.45, 2.75) is 27.2 Å². The summed E-state index contributed by atoms with van der Waals surface area (Å²) in [6.45, 7) is 6.04. The Balaban J connectivity index is 1.91. The fraction of sp³-hybridized carbons (Fsp3) is 0.300. The highest BCUT2D eigenvalue weighted by Crippen LogP contribution is 2.17. The third-order valence-electron chi connectivity index (χ3n) is 3.57. The normalized spacial score (nSPS) is 10.2.